The minimum Gasteiger partial charge on any atom is -0.508 e. The number of halogens is 2. The molecule has 0 amide bonds. The van der Waals surface area contributed by atoms with Crippen molar-refractivity contribution in [3.8, 4) is 11.5 Å². The Balaban J connectivity index is 1.46. The molecule has 0 saturated carbocycles. The first-order chi connectivity index (χ1) is 15.5. The average Bonchev–Trinajstić information content (AvgIpc) is 3.21. The Kier molecular flexibility index (Phi) is 6.66. The number of ether oxygens (including phenoxy) is 1. The first-order valence-corrected chi connectivity index (χ1v) is 10.4. The van der Waals surface area contributed by atoms with Crippen LogP contribution in [0.25, 0.3) is 0 Å². The second kappa shape index (κ2) is 9.78. The molecule has 4 rings (SSSR count). The molecule has 3 aromatic carbocycles. The monoisotopic (exact) mass is 438 g/mol. The third kappa shape index (κ3) is 5.23. The van der Waals surface area contributed by atoms with Crippen molar-refractivity contribution in [2.45, 2.75) is 25.0 Å². The van der Waals surface area contributed by atoms with Gasteiger partial charge in [-0.2, -0.15) is 5.10 Å². The summed E-state index contributed by atoms with van der Waals surface area (Å²) in [6.45, 7) is 0.305. The van der Waals surface area contributed by atoms with Gasteiger partial charge in [0.2, 0.25) is 0 Å². The van der Waals surface area contributed by atoms with Crippen molar-refractivity contribution in [3.05, 3.63) is 90.0 Å². The minimum atomic E-state index is -0.720. The number of aliphatic hydroxyl groups excluding tert-OH is 1. The van der Waals surface area contributed by atoms with Crippen LogP contribution in [0.15, 0.2) is 77.9 Å². The van der Waals surface area contributed by atoms with Crippen molar-refractivity contribution in [3.63, 3.8) is 0 Å². The molecule has 1 aliphatic rings. The van der Waals surface area contributed by atoms with Gasteiger partial charge in [0.1, 0.15) is 29.7 Å². The average molecular weight is 438 g/mol. The lowest BCUT2D eigenvalue weighted by atomic mass is 9.93. The lowest BCUT2D eigenvalue weighted by Gasteiger charge is -2.28. The van der Waals surface area contributed by atoms with E-state index in [1.54, 1.807) is 53.5 Å². The number of rotatable bonds is 8. The number of phenols is 1. The Bertz CT molecular complexity index is 1040. The van der Waals surface area contributed by atoms with Gasteiger partial charge in [-0.05, 0) is 79.1 Å². The van der Waals surface area contributed by atoms with Gasteiger partial charge < -0.3 is 14.9 Å². The number of hydrazone groups is 1. The van der Waals surface area contributed by atoms with Crippen LogP contribution in [-0.2, 0) is 0 Å². The smallest absolute Gasteiger partial charge is 0.123 e. The molecule has 0 fully saturated rings. The molecule has 0 saturated heterocycles. The topological polar surface area (TPSA) is 65.3 Å². The van der Waals surface area contributed by atoms with Crippen LogP contribution in [-0.4, -0.2) is 29.1 Å². The van der Waals surface area contributed by atoms with Crippen LogP contribution in [0.5, 0.6) is 11.5 Å². The van der Waals surface area contributed by atoms with Crippen LogP contribution < -0.4 is 9.75 Å². The van der Waals surface area contributed by atoms with Crippen LogP contribution >= 0.6 is 0 Å². The number of aromatic hydroxyl groups is 1. The summed E-state index contributed by atoms with van der Waals surface area (Å²) < 4.78 is 32.5. The summed E-state index contributed by atoms with van der Waals surface area (Å²) in [4.78, 5) is 0. The van der Waals surface area contributed by atoms with Gasteiger partial charge in [-0.15, -0.1) is 0 Å². The van der Waals surface area contributed by atoms with Gasteiger partial charge in [-0.25, -0.2) is 8.78 Å². The van der Waals surface area contributed by atoms with E-state index in [1.807, 2.05) is 6.21 Å². The lowest BCUT2D eigenvalue weighted by Crippen LogP contribution is -2.38. The minimum absolute atomic E-state index is 0.0210. The Morgan fingerprint density at radius 1 is 0.906 bits per heavy atom. The Morgan fingerprint density at radius 2 is 1.53 bits per heavy atom. The highest BCUT2D eigenvalue weighted by atomic mass is 19.1. The van der Waals surface area contributed by atoms with Crippen molar-refractivity contribution in [1.82, 2.24) is 0 Å². The fraction of sp³-hybridized carbons (Fsp3) is 0.240. The van der Waals surface area contributed by atoms with Crippen molar-refractivity contribution >= 4 is 11.9 Å². The van der Waals surface area contributed by atoms with E-state index in [0.29, 0.717) is 30.8 Å². The van der Waals surface area contributed by atoms with E-state index in [9.17, 15) is 19.0 Å². The molecule has 1 aliphatic heterocycles. The third-order valence-electron chi connectivity index (χ3n) is 5.57. The first kappa shape index (κ1) is 21.8. The fourth-order valence-corrected chi connectivity index (χ4v) is 3.76. The van der Waals surface area contributed by atoms with Crippen LogP contribution in [0.2, 0.25) is 0 Å². The van der Waals surface area contributed by atoms with Gasteiger partial charge >= 0.3 is 0 Å². The molecule has 7 heteroatoms. The number of phenolic OH excluding ortho intramolecular Hbond substituents is 1. The molecule has 166 valence electrons. The number of hydrogen-bond acceptors (Lipinski definition) is 5. The molecule has 0 aromatic heterocycles. The summed E-state index contributed by atoms with van der Waals surface area (Å²) in [7, 11) is 0. The number of benzene rings is 3. The summed E-state index contributed by atoms with van der Waals surface area (Å²) in [5.41, 5.74) is 1.40. The van der Waals surface area contributed by atoms with Crippen molar-refractivity contribution < 1.29 is 23.7 Å². The molecular formula is C25H24F2N2O3. The van der Waals surface area contributed by atoms with Crippen LogP contribution in [0, 0.1) is 17.6 Å². The largest absolute Gasteiger partial charge is 0.508 e. The van der Waals surface area contributed by atoms with Gasteiger partial charge in [-0.3, -0.25) is 5.01 Å². The van der Waals surface area contributed by atoms with E-state index in [-0.39, 0.29) is 29.3 Å². The molecule has 1 heterocycles. The summed E-state index contributed by atoms with van der Waals surface area (Å²) in [6, 6.07) is 18.2. The summed E-state index contributed by atoms with van der Waals surface area (Å²) in [5.74, 6) is 0.0753. The summed E-state index contributed by atoms with van der Waals surface area (Å²) >= 11 is 0. The number of hydrogen-bond donors (Lipinski definition) is 2. The zero-order valence-corrected chi connectivity index (χ0v) is 17.3. The van der Waals surface area contributed by atoms with Crippen LogP contribution in [0.3, 0.4) is 0 Å². The van der Waals surface area contributed by atoms with E-state index in [2.05, 4.69) is 5.10 Å². The Morgan fingerprint density at radius 3 is 2.19 bits per heavy atom. The Hall–Kier alpha value is -3.45. The number of nitrogens with zero attached hydrogens (tertiary/aromatic N) is 2. The summed E-state index contributed by atoms with van der Waals surface area (Å²) in [5, 5.41) is 26.3. The number of aliphatic hydroxyl groups is 1. The molecule has 0 bridgehead atoms. The fourth-order valence-electron chi connectivity index (χ4n) is 3.76. The maximum atomic E-state index is 13.4. The molecule has 3 atom stereocenters. The second-order valence-corrected chi connectivity index (χ2v) is 7.77. The maximum Gasteiger partial charge on any atom is 0.123 e. The molecule has 2 N–H and O–H groups in total. The van der Waals surface area contributed by atoms with E-state index in [4.69, 9.17) is 4.74 Å². The second-order valence-electron chi connectivity index (χ2n) is 7.77. The molecule has 32 heavy (non-hydrogen) atoms. The molecule has 0 aliphatic carbocycles. The zero-order chi connectivity index (χ0) is 22.5. The van der Waals surface area contributed by atoms with Crippen molar-refractivity contribution in [1.29, 1.82) is 0 Å². The van der Waals surface area contributed by atoms with E-state index < -0.39 is 6.10 Å². The molecule has 3 aromatic rings. The van der Waals surface area contributed by atoms with E-state index in [0.717, 1.165) is 5.69 Å². The van der Waals surface area contributed by atoms with E-state index in [1.165, 1.54) is 24.3 Å². The molecule has 0 unspecified atom stereocenters. The Labute approximate surface area is 185 Å². The highest BCUT2D eigenvalue weighted by Gasteiger charge is 2.33. The first-order valence-electron chi connectivity index (χ1n) is 10.4. The summed E-state index contributed by atoms with van der Waals surface area (Å²) in [6.07, 6.45) is 2.20. The van der Waals surface area contributed by atoms with Gasteiger partial charge in [-0.1, -0.05) is 12.1 Å². The molecular weight excluding hydrogens is 414 g/mol. The third-order valence-corrected chi connectivity index (χ3v) is 5.57. The maximum absolute atomic E-state index is 13.4. The predicted molar refractivity (Wildman–Crippen MR) is 119 cm³/mol. The number of anilines is 1. The van der Waals surface area contributed by atoms with Crippen LogP contribution in [0.1, 0.15) is 24.5 Å². The highest BCUT2D eigenvalue weighted by molar-refractivity contribution is 5.69. The standard InChI is InChI=1S/C25H24F2N2O3/c26-19-4-1-17(2-5-19)25(31)14-3-18-15-28-29(21-8-6-20(27)7-9-21)24(18)16-32-23-12-10-22(30)11-13-23/h1-2,4-13,15,18,24-25,30-31H,3,14,16H2/t18-,24+,25-/m0/s1. The van der Waals surface area contributed by atoms with Crippen LogP contribution in [0.4, 0.5) is 14.5 Å². The van der Waals surface area contributed by atoms with Gasteiger partial charge in [0.15, 0.2) is 0 Å². The van der Waals surface area contributed by atoms with Gasteiger partial charge in [0.25, 0.3) is 0 Å². The van der Waals surface area contributed by atoms with Gasteiger partial charge in [0.05, 0.1) is 17.8 Å². The normalized spacial score (nSPS) is 18.7. The quantitative estimate of drug-likeness (QED) is 0.516. The van der Waals surface area contributed by atoms with Gasteiger partial charge in [0, 0.05) is 12.1 Å². The molecule has 5 nitrogen and oxygen atoms in total. The zero-order valence-electron chi connectivity index (χ0n) is 17.3. The van der Waals surface area contributed by atoms with Crippen molar-refractivity contribution in [2.75, 3.05) is 11.6 Å². The van der Waals surface area contributed by atoms with E-state index >= 15 is 0 Å². The lowest BCUT2D eigenvalue weighted by molar-refractivity contribution is 0.157. The highest BCUT2D eigenvalue weighted by Crippen LogP contribution is 2.31. The predicted octanol–water partition coefficient (Wildman–Crippen LogP) is 5.05. The van der Waals surface area contributed by atoms with Crippen molar-refractivity contribution in [2.24, 2.45) is 11.0 Å². The molecule has 0 spiro atoms. The SMILES string of the molecule is Oc1ccc(OC[C@@H]2[C@@H](CC[C@H](O)c3ccc(F)cc3)C=NN2c2ccc(F)cc2)cc1. The molecule has 0 radical (unpaired) electrons.